The van der Waals surface area contributed by atoms with Gasteiger partial charge in [-0.25, -0.2) is 0 Å². The lowest BCUT2D eigenvalue weighted by molar-refractivity contribution is 0.0952. The maximum Gasteiger partial charge on any atom is 0.252 e. The summed E-state index contributed by atoms with van der Waals surface area (Å²) in [5.74, 6) is -0.0805. The fourth-order valence-electron chi connectivity index (χ4n) is 8.89. The predicted octanol–water partition coefficient (Wildman–Crippen LogP) is 8.52. The van der Waals surface area contributed by atoms with Crippen LogP contribution in [0, 0.1) is 0 Å². The first kappa shape index (κ1) is 37.4. The molecule has 9 aromatic rings. The number of amides is 2. The first-order chi connectivity index (χ1) is 29.8. The average Bonchev–Trinajstić information content (AvgIpc) is 4.09. The lowest BCUT2D eigenvalue weighted by atomic mass is 9.95. The third-order valence-electron chi connectivity index (χ3n) is 11.7. The summed E-state index contributed by atoms with van der Waals surface area (Å²) < 4.78 is 2.29. The third-order valence-corrected chi connectivity index (χ3v) is 11.7. The number of nitrogens with zero attached hydrogens (tertiary/aromatic N) is 1. The molecular weight excluding hydrogens is 765 g/mol. The summed E-state index contributed by atoms with van der Waals surface area (Å²) in [5.41, 5.74) is 11.4. The summed E-state index contributed by atoms with van der Waals surface area (Å²) in [4.78, 5) is 42.9. The number of hydrogen-bond acceptors (Lipinski definition) is 6. The molecule has 0 bridgehead atoms. The van der Waals surface area contributed by atoms with E-state index in [1.165, 1.54) is 28.1 Å². The van der Waals surface area contributed by atoms with Crippen molar-refractivity contribution in [2.75, 3.05) is 0 Å². The second kappa shape index (κ2) is 15.4. The van der Waals surface area contributed by atoms with Gasteiger partial charge in [-0.15, -0.1) is 0 Å². The number of carbonyl (C=O) groups excluding carboxylic acids is 3. The molecule has 2 aliphatic heterocycles. The first-order valence-electron chi connectivity index (χ1n) is 20.1. The van der Waals surface area contributed by atoms with Crippen LogP contribution in [-0.2, 0) is 19.6 Å². The number of nitrogens with one attached hydrogen (secondary N) is 5. The molecule has 2 atom stereocenters. The van der Waals surface area contributed by atoms with Crippen molar-refractivity contribution in [2.24, 2.45) is 0 Å². The van der Waals surface area contributed by atoms with Gasteiger partial charge in [0.05, 0.1) is 17.8 Å². The number of aromatic hydroxyl groups is 2. The molecule has 0 aliphatic carbocycles. The molecule has 0 radical (unpaired) electrons. The fraction of sp³-hybridized carbons (Fsp3) is 0.100. The number of hydrogen-bond donors (Lipinski definition) is 7. The van der Waals surface area contributed by atoms with Gasteiger partial charge in [-0.1, -0.05) is 78.9 Å². The van der Waals surface area contributed by atoms with Gasteiger partial charge in [0.1, 0.15) is 11.5 Å². The van der Waals surface area contributed by atoms with Crippen LogP contribution in [0.15, 0.2) is 146 Å². The van der Waals surface area contributed by atoms with Crippen LogP contribution in [-0.4, -0.2) is 42.8 Å². The van der Waals surface area contributed by atoms with Crippen molar-refractivity contribution in [1.82, 2.24) is 30.5 Å². The van der Waals surface area contributed by atoms with Crippen molar-refractivity contribution in [3.63, 3.8) is 0 Å². The van der Waals surface area contributed by atoms with Gasteiger partial charge in [0.15, 0.2) is 6.29 Å². The molecule has 0 fully saturated rings. The molecule has 3 aromatic heterocycles. The average molecular weight is 805 g/mol. The molecule has 61 heavy (non-hydrogen) atoms. The molecule has 0 saturated heterocycles. The number of H-pyrrole nitrogens is 2. The van der Waals surface area contributed by atoms with Gasteiger partial charge in [0.25, 0.3) is 11.8 Å². The minimum atomic E-state index is -0.453. The Hall–Kier alpha value is -7.89. The first-order valence-corrected chi connectivity index (χ1v) is 20.1. The van der Waals surface area contributed by atoms with Gasteiger partial charge in [-0.2, -0.15) is 0 Å². The quantitative estimate of drug-likeness (QED) is 0.0724. The largest absolute Gasteiger partial charge is 0.508 e. The number of aromatic amines is 2. The lowest BCUT2D eigenvalue weighted by Gasteiger charge is -2.15. The molecular formula is C50H40N6O5. The number of phenols is 2. The molecule has 11 nitrogen and oxygen atoms in total. The van der Waals surface area contributed by atoms with Crippen LogP contribution < -0.4 is 16.0 Å². The highest BCUT2D eigenvalue weighted by atomic mass is 16.3. The van der Waals surface area contributed by atoms with E-state index >= 15 is 0 Å². The number of aromatic nitrogens is 3. The Morgan fingerprint density at radius 1 is 0.607 bits per heavy atom. The van der Waals surface area contributed by atoms with Gasteiger partial charge in [-0.3, -0.25) is 14.4 Å². The smallest absolute Gasteiger partial charge is 0.252 e. The number of para-hydroxylation sites is 2. The zero-order chi connectivity index (χ0) is 41.6. The monoisotopic (exact) mass is 804 g/mol. The molecule has 0 saturated carbocycles. The maximum atomic E-state index is 12.7. The molecule has 11 rings (SSSR count). The van der Waals surface area contributed by atoms with E-state index in [-0.39, 0.29) is 29.4 Å². The van der Waals surface area contributed by atoms with Crippen molar-refractivity contribution in [2.45, 2.75) is 31.7 Å². The van der Waals surface area contributed by atoms with Gasteiger partial charge in [0, 0.05) is 81.1 Å². The Labute approximate surface area is 349 Å². The Morgan fingerprint density at radius 2 is 1.21 bits per heavy atom. The summed E-state index contributed by atoms with van der Waals surface area (Å²) in [6.45, 7) is 2.15. The van der Waals surface area contributed by atoms with Crippen LogP contribution in [0.1, 0.15) is 82.4 Å². The van der Waals surface area contributed by atoms with Crippen LogP contribution in [0.25, 0.3) is 32.7 Å². The zero-order valence-electron chi connectivity index (χ0n) is 32.8. The number of phenolic OH excluding ortho intramolecular Hbond substituents is 2. The summed E-state index contributed by atoms with van der Waals surface area (Å²) in [7, 11) is 0. The Balaban J connectivity index is 0.000000171. The second-order valence-electron chi connectivity index (χ2n) is 15.5. The molecule has 6 aromatic carbocycles. The van der Waals surface area contributed by atoms with Crippen LogP contribution >= 0.6 is 0 Å². The van der Waals surface area contributed by atoms with Crippen molar-refractivity contribution in [1.29, 1.82) is 0 Å². The predicted molar refractivity (Wildman–Crippen MR) is 235 cm³/mol. The topological polar surface area (TPSA) is 164 Å². The number of benzene rings is 6. The molecule has 11 heteroatoms. The summed E-state index contributed by atoms with van der Waals surface area (Å²) in [6.07, 6.45) is 2.90. The fourth-order valence-corrected chi connectivity index (χ4v) is 8.89. The second-order valence-corrected chi connectivity index (χ2v) is 15.5. The van der Waals surface area contributed by atoms with Crippen molar-refractivity contribution in [3.8, 4) is 11.5 Å². The van der Waals surface area contributed by atoms with Crippen LogP contribution in [0.4, 0.5) is 0 Å². The van der Waals surface area contributed by atoms with Gasteiger partial charge >= 0.3 is 0 Å². The molecule has 5 heterocycles. The molecule has 7 N–H and O–H groups in total. The lowest BCUT2D eigenvalue weighted by Crippen LogP contribution is -2.22. The molecule has 0 spiro atoms. The highest BCUT2D eigenvalue weighted by Gasteiger charge is 2.34. The minimum Gasteiger partial charge on any atom is -0.508 e. The van der Waals surface area contributed by atoms with E-state index in [2.05, 4.69) is 97.3 Å². The van der Waals surface area contributed by atoms with Crippen LogP contribution in [0.2, 0.25) is 0 Å². The minimum absolute atomic E-state index is 0.0905. The Bertz CT molecular complexity index is 3160. The molecule has 2 unspecified atom stereocenters. The summed E-state index contributed by atoms with van der Waals surface area (Å²) in [5, 5.41) is 32.7. The van der Waals surface area contributed by atoms with Gasteiger partial charge < -0.3 is 40.7 Å². The normalized spacial score (nSPS) is 15.3. The Morgan fingerprint density at radius 3 is 1.89 bits per heavy atom. The van der Waals surface area contributed by atoms with Gasteiger partial charge in [0.2, 0.25) is 0 Å². The third kappa shape index (κ3) is 6.86. The number of carbonyl (C=O) groups is 3. The molecule has 2 aliphatic rings. The number of fused-ring (bicyclic) bond motifs is 5. The highest BCUT2D eigenvalue weighted by Crippen LogP contribution is 2.40. The van der Waals surface area contributed by atoms with Crippen molar-refractivity contribution < 1.29 is 24.6 Å². The highest BCUT2D eigenvalue weighted by molar-refractivity contribution is 6.03. The number of rotatable bonds is 9. The number of aldehydes is 1. The molecule has 300 valence electrons. The van der Waals surface area contributed by atoms with E-state index in [0.717, 1.165) is 57.0 Å². The standard InChI is InChI=1S/C33H28N4O2.C17H12N2O3/c38-24-12-13-25-27(17-24)32(36-33(25)39)31-26-8-4-5-9-28(26)35-29(31)19-34-18-22-10-11-23-14-15-37(30(23)16-22)20-21-6-2-1-3-7-21;20-8-14-15(11-3-1-2-4-13(11)18-14)16-12-7-9(21)5-6-10(12)17(22)19-16/h1-17,32,34-35,38H,18-20H2,(H,36,39);1-8,16,18,21H,(H,19,22). The summed E-state index contributed by atoms with van der Waals surface area (Å²) in [6, 6.07) is 43.8. The summed E-state index contributed by atoms with van der Waals surface area (Å²) >= 11 is 0. The zero-order valence-corrected chi connectivity index (χ0v) is 32.8. The van der Waals surface area contributed by atoms with Crippen molar-refractivity contribution in [3.05, 3.63) is 202 Å². The van der Waals surface area contributed by atoms with Crippen molar-refractivity contribution >= 4 is 50.8 Å². The maximum absolute atomic E-state index is 12.7. The Kier molecular flexibility index (Phi) is 9.42. The molecule has 2 amide bonds. The van der Waals surface area contributed by atoms with Gasteiger partial charge in [-0.05, 0) is 88.3 Å². The van der Waals surface area contributed by atoms with E-state index in [1.54, 1.807) is 30.3 Å². The SMILES string of the molecule is O=C1NC(c2c(CNCc3ccc4ccn(Cc5ccccc5)c4c3)[nH]c3ccccc23)c2cc(O)ccc21.O=Cc1[nH]c2ccccc2c1C1NC(=O)c2ccc(O)cc21. The van der Waals surface area contributed by atoms with E-state index in [0.29, 0.717) is 35.5 Å². The van der Waals surface area contributed by atoms with Crippen LogP contribution in [0.5, 0.6) is 11.5 Å². The van der Waals surface area contributed by atoms with E-state index in [4.69, 9.17) is 0 Å². The van der Waals surface area contributed by atoms with E-state index in [1.807, 2.05) is 42.5 Å². The van der Waals surface area contributed by atoms with Crippen LogP contribution in [0.3, 0.4) is 0 Å². The van der Waals surface area contributed by atoms with E-state index in [9.17, 15) is 24.6 Å². The van der Waals surface area contributed by atoms with E-state index < -0.39 is 6.04 Å².